The fourth-order valence-corrected chi connectivity index (χ4v) is 3.62. The highest BCUT2D eigenvalue weighted by atomic mass is 16.3. The van der Waals surface area contributed by atoms with Crippen LogP contribution >= 0.6 is 0 Å². The van der Waals surface area contributed by atoms with E-state index in [0.29, 0.717) is 25.0 Å². The van der Waals surface area contributed by atoms with Gasteiger partial charge in [-0.15, -0.1) is 0 Å². The average Bonchev–Trinajstić information content (AvgIpc) is 3.49. The molecule has 0 radical (unpaired) electrons. The van der Waals surface area contributed by atoms with E-state index in [4.69, 9.17) is 8.83 Å². The van der Waals surface area contributed by atoms with Gasteiger partial charge in [-0.25, -0.2) is 4.79 Å². The molecule has 27 heavy (non-hydrogen) atoms. The van der Waals surface area contributed by atoms with Gasteiger partial charge in [-0.3, -0.25) is 4.90 Å². The maximum Gasteiger partial charge on any atom is 0.318 e. The zero-order valence-electron chi connectivity index (χ0n) is 16.4. The molecule has 3 unspecified atom stereocenters. The van der Waals surface area contributed by atoms with Crippen molar-refractivity contribution in [1.82, 2.24) is 15.1 Å². The molecular formula is C21H29N3O3. The second-order valence-electron chi connectivity index (χ2n) is 8.16. The third-order valence-corrected chi connectivity index (χ3v) is 5.67. The fraction of sp³-hybridized carbons (Fsp3) is 0.571. The minimum Gasteiger partial charge on any atom is -0.468 e. The molecule has 2 aliphatic rings. The Kier molecular flexibility index (Phi) is 5.00. The minimum atomic E-state index is -0.0337. The first kappa shape index (κ1) is 18.2. The first-order valence-corrected chi connectivity index (χ1v) is 9.86. The summed E-state index contributed by atoms with van der Waals surface area (Å²) in [6, 6.07) is 8.21. The number of nitrogens with one attached hydrogen (secondary N) is 1. The Morgan fingerprint density at radius 1 is 1.30 bits per heavy atom. The molecule has 6 heteroatoms. The highest BCUT2D eigenvalue weighted by Gasteiger charge is 2.37. The van der Waals surface area contributed by atoms with Crippen molar-refractivity contribution in [2.45, 2.75) is 50.7 Å². The van der Waals surface area contributed by atoms with Crippen LogP contribution in [0.15, 0.2) is 39.4 Å². The lowest BCUT2D eigenvalue weighted by atomic mass is 10.2. The summed E-state index contributed by atoms with van der Waals surface area (Å²) in [5.41, 5.74) is 0. The maximum atomic E-state index is 12.9. The second-order valence-corrected chi connectivity index (χ2v) is 8.16. The van der Waals surface area contributed by atoms with Gasteiger partial charge in [0.15, 0.2) is 0 Å². The van der Waals surface area contributed by atoms with Crippen molar-refractivity contribution in [3.05, 3.63) is 47.8 Å². The Bertz CT molecular complexity index is 763. The van der Waals surface area contributed by atoms with Crippen LogP contribution in [0.5, 0.6) is 0 Å². The lowest BCUT2D eigenvalue weighted by molar-refractivity contribution is 0.179. The Balaban J connectivity index is 1.37. The van der Waals surface area contributed by atoms with Crippen LogP contribution in [0.4, 0.5) is 4.79 Å². The molecule has 2 heterocycles. The van der Waals surface area contributed by atoms with E-state index < -0.39 is 0 Å². The third kappa shape index (κ3) is 4.21. The zero-order chi connectivity index (χ0) is 19.0. The normalized spacial score (nSPS) is 22.7. The first-order chi connectivity index (χ1) is 13.0. The van der Waals surface area contributed by atoms with E-state index in [1.807, 2.05) is 37.2 Å². The van der Waals surface area contributed by atoms with Crippen molar-refractivity contribution in [2.24, 2.45) is 5.92 Å². The zero-order valence-corrected chi connectivity index (χ0v) is 16.4. The van der Waals surface area contributed by atoms with E-state index in [2.05, 4.69) is 23.2 Å². The first-order valence-electron chi connectivity index (χ1n) is 9.86. The number of likely N-dealkylation sites (N-methyl/N-ethyl adjacent to an activating group) is 1. The lowest BCUT2D eigenvalue weighted by Crippen LogP contribution is -2.43. The van der Waals surface area contributed by atoms with E-state index in [0.717, 1.165) is 36.0 Å². The molecule has 0 aromatic carbocycles. The molecule has 2 aromatic rings. The smallest absolute Gasteiger partial charge is 0.318 e. The molecule has 0 saturated heterocycles. The van der Waals surface area contributed by atoms with Gasteiger partial charge in [0, 0.05) is 18.5 Å². The number of amides is 2. The molecule has 4 rings (SSSR count). The number of hydrogen-bond donors (Lipinski definition) is 1. The molecule has 146 valence electrons. The number of rotatable bonds is 8. The van der Waals surface area contributed by atoms with Crippen LogP contribution in [0.2, 0.25) is 0 Å². The number of hydrogen-bond acceptors (Lipinski definition) is 4. The third-order valence-electron chi connectivity index (χ3n) is 5.67. The topological polar surface area (TPSA) is 61.9 Å². The highest BCUT2D eigenvalue weighted by molar-refractivity contribution is 5.75. The van der Waals surface area contributed by atoms with Crippen molar-refractivity contribution < 1.29 is 13.6 Å². The SMILES string of the molecule is CC1CC1c1ccc(CN(C(=O)NCC(c2ccco2)N(C)C)C2CC2)o1. The summed E-state index contributed by atoms with van der Waals surface area (Å²) in [5.74, 6) is 4.08. The van der Waals surface area contributed by atoms with Crippen molar-refractivity contribution in [1.29, 1.82) is 0 Å². The van der Waals surface area contributed by atoms with Crippen molar-refractivity contribution in [2.75, 3.05) is 20.6 Å². The summed E-state index contributed by atoms with van der Waals surface area (Å²) in [6.07, 6.45) is 5.00. The Morgan fingerprint density at radius 2 is 2.07 bits per heavy atom. The molecule has 6 nitrogen and oxygen atoms in total. The fourth-order valence-electron chi connectivity index (χ4n) is 3.62. The standard InChI is InChI=1S/C21H29N3O3/c1-14-11-17(14)19-9-8-16(27-19)13-24(15-6-7-15)21(25)22-12-18(23(2)3)20-5-4-10-26-20/h4-5,8-10,14-15,17-18H,6-7,11-13H2,1-3H3,(H,22,25). The van der Waals surface area contributed by atoms with E-state index in [1.54, 1.807) is 6.26 Å². The van der Waals surface area contributed by atoms with Crippen LogP contribution in [-0.4, -0.2) is 42.5 Å². The van der Waals surface area contributed by atoms with Crippen LogP contribution in [0.1, 0.15) is 55.4 Å². The molecule has 3 atom stereocenters. The summed E-state index contributed by atoms with van der Waals surface area (Å²) < 4.78 is 11.5. The van der Waals surface area contributed by atoms with Crippen LogP contribution in [0.3, 0.4) is 0 Å². The summed E-state index contributed by atoms with van der Waals surface area (Å²) in [5, 5.41) is 3.09. The predicted molar refractivity (Wildman–Crippen MR) is 102 cm³/mol. The van der Waals surface area contributed by atoms with Crippen LogP contribution in [0.25, 0.3) is 0 Å². The van der Waals surface area contributed by atoms with Crippen molar-refractivity contribution in [3.63, 3.8) is 0 Å². The average molecular weight is 371 g/mol. The molecule has 0 spiro atoms. The van der Waals surface area contributed by atoms with E-state index >= 15 is 0 Å². The van der Waals surface area contributed by atoms with Crippen LogP contribution < -0.4 is 5.32 Å². The largest absolute Gasteiger partial charge is 0.468 e. The minimum absolute atomic E-state index is 0.0107. The molecule has 2 amide bonds. The quantitative estimate of drug-likeness (QED) is 0.763. The van der Waals surface area contributed by atoms with Gasteiger partial charge in [-0.1, -0.05) is 6.92 Å². The molecule has 2 fully saturated rings. The molecule has 1 N–H and O–H groups in total. The molecule has 2 saturated carbocycles. The number of carbonyl (C=O) groups excluding carboxylic acids is 1. The molecular weight excluding hydrogens is 342 g/mol. The number of carbonyl (C=O) groups is 1. The van der Waals surface area contributed by atoms with Crippen LogP contribution in [0, 0.1) is 5.92 Å². The number of urea groups is 1. The van der Waals surface area contributed by atoms with Crippen molar-refractivity contribution >= 4 is 6.03 Å². The van der Waals surface area contributed by atoms with Gasteiger partial charge < -0.3 is 19.1 Å². The van der Waals surface area contributed by atoms with Crippen LogP contribution in [-0.2, 0) is 6.54 Å². The molecule has 0 aliphatic heterocycles. The molecule has 2 aliphatic carbocycles. The number of furan rings is 2. The van der Waals surface area contributed by atoms with Gasteiger partial charge in [-0.05, 0) is 63.5 Å². The van der Waals surface area contributed by atoms with Crippen molar-refractivity contribution in [3.8, 4) is 0 Å². The maximum absolute atomic E-state index is 12.9. The monoisotopic (exact) mass is 371 g/mol. The summed E-state index contributed by atoms with van der Waals surface area (Å²) in [4.78, 5) is 16.8. The second kappa shape index (κ2) is 7.43. The molecule has 0 bridgehead atoms. The van der Waals surface area contributed by atoms with Gasteiger partial charge in [0.25, 0.3) is 0 Å². The Hall–Kier alpha value is -2.21. The molecule has 2 aromatic heterocycles. The Morgan fingerprint density at radius 3 is 2.67 bits per heavy atom. The van der Waals surface area contributed by atoms with Gasteiger partial charge in [0.05, 0.1) is 18.8 Å². The lowest BCUT2D eigenvalue weighted by Gasteiger charge is -2.26. The van der Waals surface area contributed by atoms with Gasteiger partial charge in [-0.2, -0.15) is 0 Å². The highest BCUT2D eigenvalue weighted by Crippen LogP contribution is 2.47. The van der Waals surface area contributed by atoms with E-state index in [9.17, 15) is 4.79 Å². The summed E-state index contributed by atoms with van der Waals surface area (Å²) in [7, 11) is 3.97. The summed E-state index contributed by atoms with van der Waals surface area (Å²) >= 11 is 0. The number of nitrogens with zero attached hydrogens (tertiary/aromatic N) is 2. The predicted octanol–water partition coefficient (Wildman–Crippen LogP) is 3.97. The summed E-state index contributed by atoms with van der Waals surface area (Å²) in [6.45, 7) is 3.29. The Labute approximate surface area is 160 Å². The van der Waals surface area contributed by atoms with Gasteiger partial charge in [0.1, 0.15) is 17.3 Å². The van der Waals surface area contributed by atoms with Gasteiger partial charge >= 0.3 is 6.03 Å². The van der Waals surface area contributed by atoms with E-state index in [-0.39, 0.29) is 12.1 Å². The van der Waals surface area contributed by atoms with Gasteiger partial charge in [0.2, 0.25) is 0 Å². The van der Waals surface area contributed by atoms with E-state index in [1.165, 1.54) is 6.42 Å².